The van der Waals surface area contributed by atoms with Crippen LogP contribution in [-0.4, -0.2) is 25.5 Å². The van der Waals surface area contributed by atoms with Gasteiger partial charge in [-0.25, -0.2) is 13.8 Å². The van der Waals surface area contributed by atoms with E-state index in [1.54, 1.807) is 18.2 Å². The molecule has 3 aromatic rings. The summed E-state index contributed by atoms with van der Waals surface area (Å²) in [5, 5.41) is 14.6. The van der Waals surface area contributed by atoms with Crippen molar-refractivity contribution < 1.29 is 18.1 Å². The number of nitrogens with zero attached hydrogens (tertiary/aromatic N) is 2. The maximum absolute atomic E-state index is 12.4. The summed E-state index contributed by atoms with van der Waals surface area (Å²) >= 11 is 0. The predicted octanol–water partition coefficient (Wildman–Crippen LogP) is 3.47. The van der Waals surface area contributed by atoms with E-state index in [1.807, 2.05) is 6.92 Å². The fourth-order valence-corrected chi connectivity index (χ4v) is 3.63. The summed E-state index contributed by atoms with van der Waals surface area (Å²) in [7, 11) is -3.74. The molecule has 0 saturated carbocycles. The SMILES string of the molecule is Cc1ccc(S(=O)(=O)Nc2ccc(C(=O)NN=Cc3cccc([N+](=O)[O-])c3)cc2)cc1. The average Bonchev–Trinajstić information content (AvgIpc) is 2.74. The Bertz CT molecular complexity index is 1240. The van der Waals surface area contributed by atoms with Gasteiger partial charge in [0.1, 0.15) is 0 Å². The molecule has 0 aliphatic heterocycles. The fourth-order valence-electron chi connectivity index (χ4n) is 2.57. The number of hydrogen-bond acceptors (Lipinski definition) is 6. The molecule has 0 bridgehead atoms. The van der Waals surface area contributed by atoms with E-state index < -0.39 is 20.9 Å². The smallest absolute Gasteiger partial charge is 0.271 e. The molecule has 158 valence electrons. The lowest BCUT2D eigenvalue weighted by Gasteiger charge is -2.09. The van der Waals surface area contributed by atoms with Crippen LogP contribution in [0.25, 0.3) is 0 Å². The Morgan fingerprint density at radius 1 is 1.03 bits per heavy atom. The van der Waals surface area contributed by atoms with Gasteiger partial charge in [0.25, 0.3) is 21.6 Å². The van der Waals surface area contributed by atoms with Crippen molar-refractivity contribution in [2.75, 3.05) is 4.72 Å². The number of sulfonamides is 1. The van der Waals surface area contributed by atoms with Gasteiger partial charge in [-0.15, -0.1) is 0 Å². The van der Waals surface area contributed by atoms with E-state index in [0.717, 1.165) is 5.56 Å². The van der Waals surface area contributed by atoms with Crippen LogP contribution in [-0.2, 0) is 10.0 Å². The first kappa shape index (κ1) is 21.7. The summed E-state index contributed by atoms with van der Waals surface area (Å²) in [4.78, 5) is 22.6. The van der Waals surface area contributed by atoms with Gasteiger partial charge in [0.05, 0.1) is 16.0 Å². The van der Waals surface area contributed by atoms with Gasteiger partial charge in [0.15, 0.2) is 0 Å². The van der Waals surface area contributed by atoms with Gasteiger partial charge < -0.3 is 0 Å². The first-order valence-corrected chi connectivity index (χ1v) is 10.5. The molecule has 31 heavy (non-hydrogen) atoms. The summed E-state index contributed by atoms with van der Waals surface area (Å²) in [6, 6.07) is 18.1. The van der Waals surface area contributed by atoms with Crippen LogP contribution in [0.2, 0.25) is 0 Å². The molecular formula is C21H18N4O5S. The number of hydrogen-bond donors (Lipinski definition) is 2. The summed E-state index contributed by atoms with van der Waals surface area (Å²) in [5.41, 5.74) is 4.20. The largest absolute Gasteiger partial charge is 0.280 e. The number of carbonyl (C=O) groups is 1. The molecule has 0 aliphatic carbocycles. The lowest BCUT2D eigenvalue weighted by molar-refractivity contribution is -0.384. The number of anilines is 1. The standard InChI is InChI=1S/C21H18N4O5S/c1-15-5-11-20(12-6-15)31(29,30)24-18-9-7-17(8-10-18)21(26)23-22-14-16-3-2-4-19(13-16)25(27)28/h2-14,24H,1H3,(H,23,26). The van der Waals surface area contributed by atoms with Gasteiger partial charge in [-0.2, -0.15) is 5.10 Å². The second kappa shape index (κ2) is 9.18. The molecule has 0 unspecified atom stereocenters. The summed E-state index contributed by atoms with van der Waals surface area (Å²) in [6.07, 6.45) is 1.29. The van der Waals surface area contributed by atoms with E-state index in [1.165, 1.54) is 60.8 Å². The monoisotopic (exact) mass is 438 g/mol. The zero-order valence-electron chi connectivity index (χ0n) is 16.3. The fraction of sp³-hybridized carbons (Fsp3) is 0.0476. The van der Waals surface area contributed by atoms with E-state index in [2.05, 4.69) is 15.2 Å². The molecule has 0 fully saturated rings. The lowest BCUT2D eigenvalue weighted by atomic mass is 10.2. The van der Waals surface area contributed by atoms with Crippen LogP contribution >= 0.6 is 0 Å². The van der Waals surface area contributed by atoms with Gasteiger partial charge in [0.2, 0.25) is 0 Å². The highest BCUT2D eigenvalue weighted by Gasteiger charge is 2.14. The van der Waals surface area contributed by atoms with Crippen LogP contribution in [0, 0.1) is 17.0 Å². The van der Waals surface area contributed by atoms with E-state index in [0.29, 0.717) is 11.3 Å². The normalized spacial score (nSPS) is 11.3. The molecule has 0 atom stereocenters. The molecular weight excluding hydrogens is 420 g/mol. The van der Waals surface area contributed by atoms with Crippen LogP contribution in [0.3, 0.4) is 0 Å². The number of benzene rings is 3. The molecule has 0 aromatic heterocycles. The van der Waals surface area contributed by atoms with E-state index >= 15 is 0 Å². The lowest BCUT2D eigenvalue weighted by Crippen LogP contribution is -2.18. The van der Waals surface area contributed by atoms with Crippen LogP contribution in [0.15, 0.2) is 82.8 Å². The van der Waals surface area contributed by atoms with Crippen LogP contribution in [0.5, 0.6) is 0 Å². The van der Waals surface area contributed by atoms with Crippen LogP contribution in [0.1, 0.15) is 21.5 Å². The summed E-state index contributed by atoms with van der Waals surface area (Å²) in [6.45, 7) is 1.86. The maximum Gasteiger partial charge on any atom is 0.271 e. The topological polar surface area (TPSA) is 131 Å². The molecule has 9 nitrogen and oxygen atoms in total. The first-order valence-electron chi connectivity index (χ1n) is 9.02. The highest BCUT2D eigenvalue weighted by Crippen LogP contribution is 2.17. The molecule has 3 aromatic carbocycles. The zero-order valence-corrected chi connectivity index (χ0v) is 17.2. The second-order valence-electron chi connectivity index (χ2n) is 6.55. The number of nitrogens with one attached hydrogen (secondary N) is 2. The van der Waals surface area contributed by atoms with Gasteiger partial charge >= 0.3 is 0 Å². The second-order valence-corrected chi connectivity index (χ2v) is 8.23. The number of aryl methyl sites for hydroxylation is 1. The number of rotatable bonds is 7. The minimum absolute atomic E-state index is 0.0843. The Balaban J connectivity index is 1.63. The molecule has 2 N–H and O–H groups in total. The van der Waals surface area contributed by atoms with E-state index in [9.17, 15) is 23.3 Å². The van der Waals surface area contributed by atoms with Crippen molar-refractivity contribution in [1.29, 1.82) is 0 Å². The molecule has 0 heterocycles. The first-order chi connectivity index (χ1) is 14.7. The highest BCUT2D eigenvalue weighted by atomic mass is 32.2. The molecule has 0 spiro atoms. The van der Waals surface area contributed by atoms with Gasteiger partial charge in [-0.05, 0) is 43.3 Å². The molecule has 0 aliphatic rings. The third kappa shape index (κ3) is 5.73. The number of non-ortho nitro benzene ring substituents is 1. The van der Waals surface area contributed by atoms with Crippen molar-refractivity contribution in [2.45, 2.75) is 11.8 Å². The van der Waals surface area contributed by atoms with Crippen LogP contribution < -0.4 is 10.1 Å². The van der Waals surface area contributed by atoms with Gasteiger partial charge in [0, 0.05) is 28.9 Å². The predicted molar refractivity (Wildman–Crippen MR) is 117 cm³/mol. The zero-order chi connectivity index (χ0) is 22.4. The Labute approximate surface area is 178 Å². The minimum atomic E-state index is -3.74. The summed E-state index contributed by atoms with van der Waals surface area (Å²) in [5.74, 6) is -0.519. The number of hydrazone groups is 1. The Morgan fingerprint density at radius 2 is 1.71 bits per heavy atom. The van der Waals surface area contributed by atoms with Gasteiger partial charge in [-0.3, -0.25) is 19.6 Å². The van der Waals surface area contributed by atoms with Gasteiger partial charge in [-0.1, -0.05) is 29.8 Å². The molecule has 0 saturated heterocycles. The number of carbonyl (C=O) groups excluding carboxylic acids is 1. The maximum atomic E-state index is 12.4. The molecule has 3 rings (SSSR count). The van der Waals surface area contributed by atoms with Crippen molar-refractivity contribution in [3.05, 3.63) is 99.6 Å². The van der Waals surface area contributed by atoms with E-state index in [4.69, 9.17) is 0 Å². The third-order valence-electron chi connectivity index (χ3n) is 4.19. The Morgan fingerprint density at radius 3 is 2.35 bits per heavy atom. The van der Waals surface area contributed by atoms with E-state index in [-0.39, 0.29) is 16.1 Å². The molecule has 1 amide bonds. The van der Waals surface area contributed by atoms with Crippen molar-refractivity contribution in [3.8, 4) is 0 Å². The molecule has 10 heteroatoms. The number of nitro benzene ring substituents is 1. The van der Waals surface area contributed by atoms with Crippen molar-refractivity contribution in [3.63, 3.8) is 0 Å². The Hall–Kier alpha value is -4.05. The van der Waals surface area contributed by atoms with Crippen molar-refractivity contribution >= 4 is 33.5 Å². The molecule has 0 radical (unpaired) electrons. The quantitative estimate of drug-likeness (QED) is 0.331. The number of amides is 1. The van der Waals surface area contributed by atoms with Crippen molar-refractivity contribution in [1.82, 2.24) is 5.43 Å². The number of nitro groups is 1. The minimum Gasteiger partial charge on any atom is -0.280 e. The Kier molecular flexibility index (Phi) is 6.41. The third-order valence-corrected chi connectivity index (χ3v) is 5.59. The van der Waals surface area contributed by atoms with Crippen LogP contribution in [0.4, 0.5) is 11.4 Å². The average molecular weight is 438 g/mol. The highest BCUT2D eigenvalue weighted by molar-refractivity contribution is 7.92. The van der Waals surface area contributed by atoms with Crippen molar-refractivity contribution in [2.24, 2.45) is 5.10 Å². The summed E-state index contributed by atoms with van der Waals surface area (Å²) < 4.78 is 27.3.